The van der Waals surface area contributed by atoms with Crippen LogP contribution >= 0.6 is 23.1 Å². The molecular formula is C31H29FN4O4S2. The van der Waals surface area contributed by atoms with Crippen LogP contribution < -0.4 is 15.0 Å². The van der Waals surface area contributed by atoms with Gasteiger partial charge in [0.05, 0.1) is 35.3 Å². The zero-order valence-corrected chi connectivity index (χ0v) is 24.6. The highest BCUT2D eigenvalue weighted by Crippen LogP contribution is 2.33. The lowest BCUT2D eigenvalue weighted by Gasteiger charge is -2.18. The van der Waals surface area contributed by atoms with E-state index in [9.17, 15) is 9.18 Å². The Balaban J connectivity index is 1.32. The second kappa shape index (κ2) is 13.7. The van der Waals surface area contributed by atoms with Gasteiger partial charge in [0.15, 0.2) is 22.5 Å². The fourth-order valence-corrected chi connectivity index (χ4v) is 5.79. The number of hydrogen-bond donors (Lipinski definition) is 0. The van der Waals surface area contributed by atoms with E-state index in [1.807, 2.05) is 19.1 Å². The Kier molecular flexibility index (Phi) is 9.63. The number of fused-ring (bicyclic) bond motifs is 1. The molecule has 216 valence electrons. The third kappa shape index (κ3) is 7.22. The van der Waals surface area contributed by atoms with Crippen molar-refractivity contribution in [2.45, 2.75) is 37.8 Å². The van der Waals surface area contributed by atoms with Gasteiger partial charge < -0.3 is 18.8 Å². The van der Waals surface area contributed by atoms with E-state index in [-0.39, 0.29) is 19.4 Å². The van der Waals surface area contributed by atoms with E-state index in [2.05, 4.69) is 28.1 Å². The molecule has 1 aliphatic heterocycles. The molecule has 4 heterocycles. The maximum atomic E-state index is 14.8. The second-order valence-corrected chi connectivity index (χ2v) is 11.4. The fraction of sp³-hybridized carbons (Fsp3) is 0.226. The number of aromatic nitrogens is 4. The number of benzene rings is 1. The van der Waals surface area contributed by atoms with Crippen LogP contribution in [0.1, 0.15) is 22.6 Å². The van der Waals surface area contributed by atoms with E-state index in [4.69, 9.17) is 14.2 Å². The standard InChI is InChI=1S/C31H29FN4O4S2/c1-4-6-22(5-2)27(38-17-24-14-33-18-42-24)9-10-41-31-34-20(3)11-26(35-31)23-13-25(32)30(37)36(16-23)15-21-7-8-28-29(12-21)40-19-39-28/h4-8,11-14,16,18,27H,1-2,9-10,15,17,19H2,3H3/b22-6+. The van der Waals surface area contributed by atoms with E-state index in [0.717, 1.165) is 21.7 Å². The highest BCUT2D eigenvalue weighted by molar-refractivity contribution is 7.99. The Morgan fingerprint density at radius 3 is 2.88 bits per heavy atom. The number of halogens is 1. The summed E-state index contributed by atoms with van der Waals surface area (Å²) in [6.07, 6.45) is 9.27. The minimum absolute atomic E-state index is 0.151. The normalized spacial score (nSPS) is 13.2. The maximum absolute atomic E-state index is 14.8. The van der Waals surface area contributed by atoms with E-state index in [0.29, 0.717) is 46.7 Å². The van der Waals surface area contributed by atoms with Gasteiger partial charge in [-0.1, -0.05) is 49.2 Å². The Morgan fingerprint density at radius 2 is 2.10 bits per heavy atom. The van der Waals surface area contributed by atoms with Crippen LogP contribution in [0, 0.1) is 12.7 Å². The quantitative estimate of drug-likeness (QED) is 0.0991. The van der Waals surface area contributed by atoms with Crippen molar-refractivity contribution in [2.24, 2.45) is 0 Å². The van der Waals surface area contributed by atoms with Crippen LogP contribution in [0.5, 0.6) is 11.5 Å². The van der Waals surface area contributed by atoms with Crippen molar-refractivity contribution in [3.05, 3.63) is 118 Å². The lowest BCUT2D eigenvalue weighted by atomic mass is 10.1. The molecule has 0 spiro atoms. The molecular weight excluding hydrogens is 575 g/mol. The number of thioether (sulfide) groups is 1. The topological polar surface area (TPSA) is 88.4 Å². The number of ether oxygens (including phenoxy) is 3. The van der Waals surface area contributed by atoms with Crippen molar-refractivity contribution in [2.75, 3.05) is 12.5 Å². The lowest BCUT2D eigenvalue weighted by Crippen LogP contribution is -2.23. The number of aryl methyl sites for hydroxylation is 1. The molecule has 4 aromatic rings. The Hall–Kier alpha value is -4.06. The summed E-state index contributed by atoms with van der Waals surface area (Å²) in [5.41, 5.74) is 4.51. The summed E-state index contributed by atoms with van der Waals surface area (Å²) in [7, 11) is 0. The monoisotopic (exact) mass is 604 g/mol. The lowest BCUT2D eigenvalue weighted by molar-refractivity contribution is 0.0667. The summed E-state index contributed by atoms with van der Waals surface area (Å²) >= 11 is 3.02. The summed E-state index contributed by atoms with van der Waals surface area (Å²) in [6, 6.07) is 8.39. The van der Waals surface area contributed by atoms with E-state index >= 15 is 0 Å². The molecule has 0 N–H and O–H groups in total. The first-order chi connectivity index (χ1) is 20.4. The fourth-order valence-electron chi connectivity index (χ4n) is 4.39. The van der Waals surface area contributed by atoms with Crippen LogP contribution in [0.15, 0.2) is 95.1 Å². The average Bonchev–Trinajstić information content (AvgIpc) is 3.68. The van der Waals surface area contributed by atoms with Gasteiger partial charge in [0.1, 0.15) is 0 Å². The van der Waals surface area contributed by atoms with Crippen molar-refractivity contribution in [3.8, 4) is 22.8 Å². The molecule has 0 saturated heterocycles. The zero-order valence-electron chi connectivity index (χ0n) is 23.0. The zero-order chi connectivity index (χ0) is 29.5. The van der Waals surface area contributed by atoms with Gasteiger partial charge in [0.25, 0.3) is 5.56 Å². The van der Waals surface area contributed by atoms with Gasteiger partial charge in [0, 0.05) is 29.4 Å². The number of nitrogens with zero attached hydrogens (tertiary/aromatic N) is 4. The van der Waals surface area contributed by atoms with Crippen LogP contribution in [0.3, 0.4) is 0 Å². The van der Waals surface area contributed by atoms with Crippen molar-refractivity contribution >= 4 is 23.1 Å². The number of pyridine rings is 1. The van der Waals surface area contributed by atoms with Crippen LogP contribution in [-0.4, -0.2) is 38.2 Å². The molecule has 0 saturated carbocycles. The van der Waals surface area contributed by atoms with Gasteiger partial charge in [-0.25, -0.2) is 14.4 Å². The van der Waals surface area contributed by atoms with E-state index in [1.165, 1.54) is 22.4 Å². The molecule has 11 heteroatoms. The average molecular weight is 605 g/mol. The molecule has 0 aliphatic carbocycles. The summed E-state index contributed by atoms with van der Waals surface area (Å²) in [5.74, 6) is 1.05. The van der Waals surface area contributed by atoms with Gasteiger partial charge in [-0.15, -0.1) is 11.3 Å². The molecule has 8 nitrogen and oxygen atoms in total. The van der Waals surface area contributed by atoms with Crippen molar-refractivity contribution in [1.82, 2.24) is 19.5 Å². The molecule has 0 radical (unpaired) electrons. The van der Waals surface area contributed by atoms with Crippen LogP contribution in [0.2, 0.25) is 0 Å². The van der Waals surface area contributed by atoms with E-state index < -0.39 is 11.4 Å². The minimum atomic E-state index is -0.856. The first-order valence-corrected chi connectivity index (χ1v) is 15.0. The van der Waals surface area contributed by atoms with Crippen LogP contribution in [0.4, 0.5) is 4.39 Å². The summed E-state index contributed by atoms with van der Waals surface area (Å²) in [6.45, 7) is 10.3. The summed E-state index contributed by atoms with van der Waals surface area (Å²) in [5, 5.41) is 0.549. The minimum Gasteiger partial charge on any atom is -0.454 e. The second-order valence-electron chi connectivity index (χ2n) is 9.39. The molecule has 1 aliphatic rings. The van der Waals surface area contributed by atoms with E-state index in [1.54, 1.807) is 59.6 Å². The predicted molar refractivity (Wildman–Crippen MR) is 163 cm³/mol. The molecule has 0 amide bonds. The van der Waals surface area contributed by atoms with Crippen molar-refractivity contribution in [1.29, 1.82) is 0 Å². The number of allylic oxidation sites excluding steroid dienone is 2. The number of rotatable bonds is 13. The largest absolute Gasteiger partial charge is 0.454 e. The molecule has 42 heavy (non-hydrogen) atoms. The first-order valence-electron chi connectivity index (χ1n) is 13.1. The third-order valence-electron chi connectivity index (χ3n) is 6.40. The molecule has 1 atom stereocenters. The molecule has 1 aromatic carbocycles. The molecule has 0 fully saturated rings. The Labute approximate surface area is 251 Å². The van der Waals surface area contributed by atoms with Crippen molar-refractivity contribution < 1.29 is 18.6 Å². The number of thiazole rings is 1. The maximum Gasteiger partial charge on any atom is 0.286 e. The highest BCUT2D eigenvalue weighted by Gasteiger charge is 2.17. The first kappa shape index (κ1) is 29.4. The van der Waals surface area contributed by atoms with Crippen molar-refractivity contribution in [3.63, 3.8) is 0 Å². The van der Waals surface area contributed by atoms with Gasteiger partial charge in [-0.2, -0.15) is 0 Å². The smallest absolute Gasteiger partial charge is 0.286 e. The summed E-state index contributed by atoms with van der Waals surface area (Å²) in [4.78, 5) is 27.1. The summed E-state index contributed by atoms with van der Waals surface area (Å²) < 4.78 is 33.1. The molecule has 1 unspecified atom stereocenters. The van der Waals surface area contributed by atoms with Crippen LogP contribution in [-0.2, 0) is 17.9 Å². The van der Waals surface area contributed by atoms with Gasteiger partial charge in [0.2, 0.25) is 6.79 Å². The van der Waals surface area contributed by atoms with Gasteiger partial charge >= 0.3 is 0 Å². The number of hydrogen-bond acceptors (Lipinski definition) is 9. The SMILES string of the molecule is C=C/C=C(\C=C)C(CCSc1nc(C)cc(-c2cc(F)c(=O)n(Cc3ccc4c(c3)OCO4)c2)n1)OCc1cncs1. The van der Waals surface area contributed by atoms with Gasteiger partial charge in [-0.3, -0.25) is 9.78 Å². The third-order valence-corrected chi connectivity index (χ3v) is 8.03. The molecule has 3 aromatic heterocycles. The molecule has 5 rings (SSSR count). The Morgan fingerprint density at radius 1 is 1.24 bits per heavy atom. The Bertz CT molecular complexity index is 1670. The van der Waals surface area contributed by atoms with Gasteiger partial charge in [-0.05, 0) is 48.7 Å². The predicted octanol–water partition coefficient (Wildman–Crippen LogP) is 6.35. The molecule has 0 bridgehead atoms. The van der Waals surface area contributed by atoms with Crippen LogP contribution in [0.25, 0.3) is 11.3 Å². The highest BCUT2D eigenvalue weighted by atomic mass is 32.2.